The first-order valence-corrected chi connectivity index (χ1v) is 8.54. The molecule has 2 heterocycles. The van der Waals surface area contributed by atoms with Crippen LogP contribution in [0.3, 0.4) is 0 Å². The topological polar surface area (TPSA) is 94.0 Å². The summed E-state index contributed by atoms with van der Waals surface area (Å²) < 4.78 is 25.0. The maximum atomic E-state index is 11.9. The number of imidazole rings is 1. The molecule has 1 aromatic carbocycles. The van der Waals surface area contributed by atoms with Gasteiger partial charge in [0.15, 0.2) is 15.0 Å². The largest absolute Gasteiger partial charge is 0.333 e. The Balaban J connectivity index is 1.93. The molecule has 0 aliphatic heterocycles. The average molecular weight is 322 g/mol. The van der Waals surface area contributed by atoms with Crippen molar-refractivity contribution in [1.82, 2.24) is 14.5 Å². The van der Waals surface area contributed by atoms with Gasteiger partial charge in [0.1, 0.15) is 6.33 Å². The predicted molar refractivity (Wildman–Crippen MR) is 79.4 cm³/mol. The minimum atomic E-state index is -3.26. The van der Waals surface area contributed by atoms with Gasteiger partial charge in [-0.1, -0.05) is 11.3 Å². The summed E-state index contributed by atoms with van der Waals surface area (Å²) in [5.74, 6) is 0. The summed E-state index contributed by atoms with van der Waals surface area (Å²) in [7, 11) is -3.26. The van der Waals surface area contributed by atoms with Crippen LogP contribution in [0.5, 0.6) is 0 Å². The molecular formula is C12H10N4O3S2. The lowest BCUT2D eigenvalue weighted by molar-refractivity contribution is 0.253. The molecule has 9 heteroatoms. The Kier molecular flexibility index (Phi) is 3.22. The Hall–Kier alpha value is -2.26. The second kappa shape index (κ2) is 4.93. The first-order valence-electron chi connectivity index (χ1n) is 5.83. The van der Waals surface area contributed by atoms with Gasteiger partial charge in [-0.2, -0.15) is 0 Å². The van der Waals surface area contributed by atoms with Crippen molar-refractivity contribution in [1.29, 1.82) is 0 Å². The Morgan fingerprint density at radius 3 is 2.86 bits per heavy atom. The van der Waals surface area contributed by atoms with Crippen molar-refractivity contribution >= 4 is 42.6 Å². The molecular weight excluding hydrogens is 312 g/mol. The SMILES string of the molecule is CS(=O)(=O)c1ccc2nc(NC(=O)n3ccnc3)sc2c1. The normalized spacial score (nSPS) is 11.7. The van der Waals surface area contributed by atoms with E-state index in [1.807, 2.05) is 0 Å². The van der Waals surface area contributed by atoms with Crippen LogP contribution >= 0.6 is 11.3 Å². The third-order valence-corrected chi connectivity index (χ3v) is 4.78. The lowest BCUT2D eigenvalue weighted by Gasteiger charge is -1.99. The predicted octanol–water partition coefficient (Wildman–Crippen LogP) is 1.98. The number of hydrogen-bond donors (Lipinski definition) is 1. The Bertz CT molecular complexity index is 913. The molecule has 0 saturated carbocycles. The highest BCUT2D eigenvalue weighted by Gasteiger charge is 2.12. The van der Waals surface area contributed by atoms with E-state index in [-0.39, 0.29) is 10.9 Å². The summed E-state index contributed by atoms with van der Waals surface area (Å²) in [6.45, 7) is 0. The van der Waals surface area contributed by atoms with Crippen molar-refractivity contribution < 1.29 is 13.2 Å². The molecule has 0 radical (unpaired) electrons. The van der Waals surface area contributed by atoms with Gasteiger partial charge in [-0.3, -0.25) is 9.88 Å². The molecule has 2 aromatic heterocycles. The van der Waals surface area contributed by atoms with Gasteiger partial charge >= 0.3 is 6.03 Å². The molecule has 0 aliphatic rings. The fourth-order valence-electron chi connectivity index (χ4n) is 1.72. The van der Waals surface area contributed by atoms with Crippen molar-refractivity contribution in [3.8, 4) is 0 Å². The van der Waals surface area contributed by atoms with Crippen molar-refractivity contribution in [2.24, 2.45) is 0 Å². The lowest BCUT2D eigenvalue weighted by Crippen LogP contribution is -2.17. The van der Waals surface area contributed by atoms with E-state index in [4.69, 9.17) is 0 Å². The first kappa shape index (κ1) is 13.7. The van der Waals surface area contributed by atoms with Gasteiger partial charge in [-0.05, 0) is 18.2 Å². The number of benzene rings is 1. The van der Waals surface area contributed by atoms with Crippen molar-refractivity contribution in [2.45, 2.75) is 4.90 Å². The minimum Gasteiger partial charge on any atom is -0.283 e. The Morgan fingerprint density at radius 2 is 2.19 bits per heavy atom. The first-order chi connectivity index (χ1) is 9.93. The number of nitrogens with zero attached hydrogens (tertiary/aromatic N) is 3. The van der Waals surface area contributed by atoms with E-state index in [9.17, 15) is 13.2 Å². The molecule has 3 aromatic rings. The molecule has 7 nitrogen and oxygen atoms in total. The standard InChI is InChI=1S/C12H10N4O3S2/c1-21(18,19)8-2-3-9-10(6-8)20-11(14-9)15-12(17)16-5-4-13-7-16/h2-7H,1H3,(H,14,15,17). The van der Waals surface area contributed by atoms with E-state index < -0.39 is 9.84 Å². The smallest absolute Gasteiger partial charge is 0.283 e. The monoisotopic (exact) mass is 322 g/mol. The van der Waals surface area contributed by atoms with E-state index in [1.165, 1.54) is 40.7 Å². The van der Waals surface area contributed by atoms with Crippen LogP contribution in [0.15, 0.2) is 41.8 Å². The van der Waals surface area contributed by atoms with E-state index in [1.54, 1.807) is 12.1 Å². The summed E-state index contributed by atoms with van der Waals surface area (Å²) in [4.78, 5) is 20.1. The molecule has 0 fully saturated rings. The van der Waals surface area contributed by atoms with Crippen LogP contribution in [0.1, 0.15) is 0 Å². The van der Waals surface area contributed by atoms with Gasteiger partial charge in [-0.15, -0.1) is 0 Å². The molecule has 1 amide bonds. The number of fused-ring (bicyclic) bond motifs is 1. The van der Waals surface area contributed by atoms with Gasteiger partial charge in [0.2, 0.25) is 0 Å². The molecule has 0 bridgehead atoms. The second-order valence-corrected chi connectivity index (χ2v) is 7.37. The Morgan fingerprint density at radius 1 is 1.38 bits per heavy atom. The zero-order chi connectivity index (χ0) is 15.0. The number of aromatic nitrogens is 3. The number of carbonyl (C=O) groups excluding carboxylic acids is 1. The number of amides is 1. The number of anilines is 1. The lowest BCUT2D eigenvalue weighted by atomic mass is 10.3. The van der Waals surface area contributed by atoms with Crippen LogP contribution in [-0.4, -0.2) is 35.2 Å². The van der Waals surface area contributed by atoms with Crippen LogP contribution < -0.4 is 5.32 Å². The Labute approximate surface area is 124 Å². The quantitative estimate of drug-likeness (QED) is 0.778. The molecule has 1 N–H and O–H groups in total. The number of thiazole rings is 1. The third kappa shape index (κ3) is 2.78. The number of sulfone groups is 1. The molecule has 21 heavy (non-hydrogen) atoms. The number of rotatable bonds is 2. The van der Waals surface area contributed by atoms with Crippen LogP contribution in [-0.2, 0) is 9.84 Å². The highest BCUT2D eigenvalue weighted by atomic mass is 32.2. The van der Waals surface area contributed by atoms with Crippen molar-refractivity contribution in [3.05, 3.63) is 36.9 Å². The molecule has 0 atom stereocenters. The second-order valence-electron chi connectivity index (χ2n) is 4.32. The molecule has 108 valence electrons. The van der Waals surface area contributed by atoms with Gasteiger partial charge in [-0.25, -0.2) is 23.2 Å². The number of hydrogen-bond acceptors (Lipinski definition) is 6. The van der Waals surface area contributed by atoms with Crippen LogP contribution in [0, 0.1) is 0 Å². The fraction of sp³-hybridized carbons (Fsp3) is 0.0833. The molecule has 0 saturated heterocycles. The summed E-state index contributed by atoms with van der Waals surface area (Å²) >= 11 is 1.21. The third-order valence-electron chi connectivity index (χ3n) is 2.74. The highest BCUT2D eigenvalue weighted by Crippen LogP contribution is 2.28. The van der Waals surface area contributed by atoms with Crippen molar-refractivity contribution in [3.63, 3.8) is 0 Å². The van der Waals surface area contributed by atoms with E-state index in [0.29, 0.717) is 15.3 Å². The van der Waals surface area contributed by atoms with Gasteiger partial charge in [0, 0.05) is 18.6 Å². The fourth-order valence-corrected chi connectivity index (χ4v) is 3.34. The molecule has 0 spiro atoms. The van der Waals surface area contributed by atoms with Crippen LogP contribution in [0.2, 0.25) is 0 Å². The zero-order valence-corrected chi connectivity index (χ0v) is 12.5. The average Bonchev–Trinajstić information content (AvgIpc) is 3.05. The maximum Gasteiger partial charge on any atom is 0.333 e. The molecule has 0 aliphatic carbocycles. The summed E-state index contributed by atoms with van der Waals surface area (Å²) in [6.07, 6.45) is 5.54. The van der Waals surface area contributed by atoms with E-state index >= 15 is 0 Å². The number of nitrogens with one attached hydrogen (secondary N) is 1. The van der Waals surface area contributed by atoms with E-state index in [0.717, 1.165) is 6.26 Å². The summed E-state index contributed by atoms with van der Waals surface area (Å²) in [5, 5.41) is 3.03. The maximum absolute atomic E-state index is 11.9. The summed E-state index contributed by atoms with van der Waals surface area (Å²) in [6, 6.07) is 4.29. The minimum absolute atomic E-state index is 0.228. The zero-order valence-electron chi connectivity index (χ0n) is 10.8. The summed E-state index contributed by atoms with van der Waals surface area (Å²) in [5.41, 5.74) is 0.633. The van der Waals surface area contributed by atoms with Gasteiger partial charge < -0.3 is 0 Å². The molecule has 3 rings (SSSR count). The highest BCUT2D eigenvalue weighted by molar-refractivity contribution is 7.90. The van der Waals surface area contributed by atoms with Gasteiger partial charge in [0.05, 0.1) is 15.1 Å². The number of carbonyl (C=O) groups is 1. The molecule has 0 unspecified atom stereocenters. The van der Waals surface area contributed by atoms with E-state index in [2.05, 4.69) is 15.3 Å². The van der Waals surface area contributed by atoms with Crippen molar-refractivity contribution in [2.75, 3.05) is 11.6 Å². The van der Waals surface area contributed by atoms with Crippen LogP contribution in [0.4, 0.5) is 9.93 Å². The van der Waals surface area contributed by atoms with Gasteiger partial charge in [0.25, 0.3) is 0 Å². The van der Waals surface area contributed by atoms with Crippen LogP contribution in [0.25, 0.3) is 10.2 Å².